The molecule has 2 aromatic carbocycles. The fourth-order valence-electron chi connectivity index (χ4n) is 3.20. The molecular formula is C23H24FIN2. The lowest BCUT2D eigenvalue weighted by molar-refractivity contribution is 0.585. The van der Waals surface area contributed by atoms with Gasteiger partial charge in [-0.25, -0.2) is 14.4 Å². The highest BCUT2D eigenvalue weighted by Gasteiger charge is 2.28. The lowest BCUT2D eigenvalue weighted by Crippen LogP contribution is -2.23. The van der Waals surface area contributed by atoms with Crippen molar-refractivity contribution >= 4 is 22.6 Å². The smallest absolute Gasteiger partial charge is 0.138 e. The summed E-state index contributed by atoms with van der Waals surface area (Å²) in [6, 6.07) is 13.9. The molecule has 3 aromatic rings. The first-order valence-electron chi connectivity index (χ1n) is 8.98. The van der Waals surface area contributed by atoms with Crippen LogP contribution < -0.4 is 0 Å². The average molecular weight is 474 g/mol. The average Bonchev–Trinajstić information content (AvgIpc) is 2.64. The van der Waals surface area contributed by atoms with E-state index in [0.29, 0.717) is 3.57 Å². The van der Waals surface area contributed by atoms with Crippen LogP contribution in [0.4, 0.5) is 4.39 Å². The fourth-order valence-corrected chi connectivity index (χ4v) is 3.71. The third kappa shape index (κ3) is 3.91. The van der Waals surface area contributed by atoms with Gasteiger partial charge in [-0.2, -0.15) is 0 Å². The van der Waals surface area contributed by atoms with Crippen LogP contribution in [-0.4, -0.2) is 9.97 Å². The van der Waals surface area contributed by atoms with Gasteiger partial charge < -0.3 is 0 Å². The van der Waals surface area contributed by atoms with Gasteiger partial charge in [-0.05, 0) is 77.7 Å². The van der Waals surface area contributed by atoms with E-state index in [2.05, 4.69) is 61.9 Å². The Bertz CT molecular complexity index is 945. The third-order valence-corrected chi connectivity index (χ3v) is 6.14. The van der Waals surface area contributed by atoms with Gasteiger partial charge >= 0.3 is 0 Å². The van der Waals surface area contributed by atoms with Crippen molar-refractivity contribution in [2.45, 2.75) is 45.4 Å². The van der Waals surface area contributed by atoms with E-state index in [-0.39, 0.29) is 16.6 Å². The highest BCUT2D eigenvalue weighted by molar-refractivity contribution is 14.1. The van der Waals surface area contributed by atoms with Crippen molar-refractivity contribution in [3.05, 3.63) is 92.3 Å². The monoisotopic (exact) mass is 474 g/mol. The normalized spacial score (nSPS) is 12.3. The van der Waals surface area contributed by atoms with Gasteiger partial charge in [0.2, 0.25) is 0 Å². The van der Waals surface area contributed by atoms with Crippen LogP contribution in [0.25, 0.3) is 0 Å². The molecule has 0 radical (unpaired) electrons. The van der Waals surface area contributed by atoms with E-state index in [1.807, 2.05) is 54.0 Å². The molecule has 0 atom stereocenters. The molecule has 0 bridgehead atoms. The maximum absolute atomic E-state index is 13.6. The lowest BCUT2D eigenvalue weighted by atomic mass is 9.76. The Morgan fingerprint density at radius 2 is 1.26 bits per heavy atom. The molecule has 0 saturated heterocycles. The molecule has 0 aliphatic carbocycles. The van der Waals surface area contributed by atoms with Crippen molar-refractivity contribution in [1.29, 1.82) is 0 Å². The first kappa shape index (κ1) is 19.9. The highest BCUT2D eigenvalue weighted by atomic mass is 127. The van der Waals surface area contributed by atoms with Crippen molar-refractivity contribution in [1.82, 2.24) is 9.97 Å². The van der Waals surface area contributed by atoms with Crippen LogP contribution in [0.5, 0.6) is 0 Å². The zero-order chi connectivity index (χ0) is 19.8. The molecule has 2 nitrogen and oxygen atoms in total. The molecule has 0 N–H and O–H groups in total. The lowest BCUT2D eigenvalue weighted by Gasteiger charge is -2.28. The minimum Gasteiger partial charge on any atom is -0.240 e. The second kappa shape index (κ2) is 7.30. The van der Waals surface area contributed by atoms with Gasteiger partial charge in [0.05, 0.1) is 0 Å². The Labute approximate surface area is 174 Å². The van der Waals surface area contributed by atoms with Crippen LogP contribution in [-0.2, 0) is 10.8 Å². The Hall–Kier alpha value is -1.82. The van der Waals surface area contributed by atoms with Gasteiger partial charge in [-0.15, -0.1) is 0 Å². The van der Waals surface area contributed by atoms with Gasteiger partial charge in [-0.1, -0.05) is 44.2 Å². The van der Waals surface area contributed by atoms with E-state index in [1.54, 1.807) is 6.07 Å². The SMILES string of the molecule is Cc1cnc(C(C)(C)c2ccc(C(C)(C)c3ccc(F)c(I)c3)cc2)nc1. The van der Waals surface area contributed by atoms with E-state index in [9.17, 15) is 4.39 Å². The molecule has 1 aromatic heterocycles. The van der Waals surface area contributed by atoms with Crippen LogP contribution in [0.1, 0.15) is 55.8 Å². The summed E-state index contributed by atoms with van der Waals surface area (Å²) in [5.74, 6) is 0.638. The Balaban J connectivity index is 1.94. The maximum Gasteiger partial charge on any atom is 0.138 e. The first-order valence-corrected chi connectivity index (χ1v) is 10.1. The second-order valence-corrected chi connectivity index (χ2v) is 9.20. The molecule has 0 aliphatic rings. The standard InChI is InChI=1S/C23H24FIN2/c1-15-13-26-21(27-14-15)23(4,5)17-8-6-16(7-9-17)22(2,3)18-10-11-19(24)20(25)12-18/h6-14H,1-5H3. The number of rotatable bonds is 4. The number of aryl methyl sites for hydroxylation is 1. The molecule has 3 rings (SSSR count). The van der Waals surface area contributed by atoms with Crippen molar-refractivity contribution in [2.24, 2.45) is 0 Å². The van der Waals surface area contributed by atoms with Gasteiger partial charge in [0.15, 0.2) is 0 Å². The zero-order valence-electron chi connectivity index (χ0n) is 16.3. The molecule has 1 heterocycles. The van der Waals surface area contributed by atoms with Crippen molar-refractivity contribution in [2.75, 3.05) is 0 Å². The van der Waals surface area contributed by atoms with Crippen LogP contribution in [0.15, 0.2) is 54.9 Å². The highest BCUT2D eigenvalue weighted by Crippen LogP contribution is 2.35. The van der Waals surface area contributed by atoms with E-state index in [0.717, 1.165) is 17.0 Å². The van der Waals surface area contributed by atoms with Crippen LogP contribution in [0.3, 0.4) is 0 Å². The Morgan fingerprint density at radius 1 is 0.778 bits per heavy atom. The molecule has 27 heavy (non-hydrogen) atoms. The summed E-state index contributed by atoms with van der Waals surface area (Å²) >= 11 is 2.04. The summed E-state index contributed by atoms with van der Waals surface area (Å²) in [5.41, 5.74) is 4.02. The number of benzene rings is 2. The number of aromatic nitrogens is 2. The van der Waals surface area contributed by atoms with E-state index < -0.39 is 0 Å². The second-order valence-electron chi connectivity index (χ2n) is 8.04. The summed E-state index contributed by atoms with van der Waals surface area (Å²) in [6.45, 7) is 10.6. The van der Waals surface area contributed by atoms with Gasteiger partial charge in [0.1, 0.15) is 11.6 Å². The first-order chi connectivity index (χ1) is 12.6. The van der Waals surface area contributed by atoms with E-state index in [1.165, 1.54) is 11.1 Å². The minimum absolute atomic E-state index is 0.176. The zero-order valence-corrected chi connectivity index (χ0v) is 18.5. The fraction of sp³-hybridized carbons (Fsp3) is 0.304. The number of nitrogens with zero attached hydrogens (tertiary/aromatic N) is 2. The van der Waals surface area contributed by atoms with Gasteiger partial charge in [-0.3, -0.25) is 0 Å². The minimum atomic E-state index is -0.276. The van der Waals surface area contributed by atoms with Crippen molar-refractivity contribution in [3.8, 4) is 0 Å². The number of hydrogen-bond acceptors (Lipinski definition) is 2. The molecule has 0 amide bonds. The van der Waals surface area contributed by atoms with E-state index in [4.69, 9.17) is 0 Å². The molecule has 140 valence electrons. The molecule has 0 aliphatic heterocycles. The summed E-state index contributed by atoms with van der Waals surface area (Å²) in [5, 5.41) is 0. The molecule has 4 heteroatoms. The van der Waals surface area contributed by atoms with Crippen molar-refractivity contribution < 1.29 is 4.39 Å². The predicted molar refractivity (Wildman–Crippen MR) is 117 cm³/mol. The molecule has 0 saturated carbocycles. The molecule has 0 fully saturated rings. The summed E-state index contributed by atoms with van der Waals surface area (Å²) < 4.78 is 14.3. The molecule has 0 spiro atoms. The summed E-state index contributed by atoms with van der Waals surface area (Å²) in [6.07, 6.45) is 3.72. The van der Waals surface area contributed by atoms with Gasteiger partial charge in [0.25, 0.3) is 0 Å². The Morgan fingerprint density at radius 3 is 1.78 bits per heavy atom. The topological polar surface area (TPSA) is 25.8 Å². The van der Waals surface area contributed by atoms with Crippen LogP contribution >= 0.6 is 22.6 Å². The van der Waals surface area contributed by atoms with E-state index >= 15 is 0 Å². The third-order valence-electron chi connectivity index (χ3n) is 5.31. The Kier molecular flexibility index (Phi) is 5.39. The molecule has 0 unspecified atom stereocenters. The number of hydrogen-bond donors (Lipinski definition) is 0. The summed E-state index contributed by atoms with van der Waals surface area (Å²) in [4.78, 5) is 9.03. The van der Waals surface area contributed by atoms with Crippen LogP contribution in [0.2, 0.25) is 0 Å². The summed E-state index contributed by atoms with van der Waals surface area (Å²) in [7, 11) is 0. The molecular weight excluding hydrogens is 450 g/mol. The largest absolute Gasteiger partial charge is 0.240 e. The van der Waals surface area contributed by atoms with Crippen LogP contribution in [0, 0.1) is 16.3 Å². The maximum atomic E-state index is 13.6. The number of halogens is 2. The quantitative estimate of drug-likeness (QED) is 0.422. The van der Waals surface area contributed by atoms with Gasteiger partial charge in [0, 0.05) is 26.8 Å². The predicted octanol–water partition coefficient (Wildman–Crippen LogP) is 6.18. The van der Waals surface area contributed by atoms with Crippen molar-refractivity contribution in [3.63, 3.8) is 0 Å².